The van der Waals surface area contributed by atoms with Gasteiger partial charge in [0.05, 0.1) is 0 Å². The maximum atomic E-state index is 3.47. The Balaban J connectivity index is 3.61. The van der Waals surface area contributed by atoms with E-state index in [9.17, 15) is 0 Å². The molecule has 0 N–H and O–H groups in total. The summed E-state index contributed by atoms with van der Waals surface area (Å²) in [6.45, 7) is 0. The van der Waals surface area contributed by atoms with Gasteiger partial charge >= 0.3 is 112 Å². The van der Waals surface area contributed by atoms with Gasteiger partial charge < -0.3 is 0 Å². The summed E-state index contributed by atoms with van der Waals surface area (Å²) in [6, 6.07) is 0. The van der Waals surface area contributed by atoms with Gasteiger partial charge in [0.2, 0.25) is 0 Å². The van der Waals surface area contributed by atoms with E-state index < -0.39 is 36.8 Å². The molecule has 0 aliphatic rings. The van der Waals surface area contributed by atoms with Crippen molar-refractivity contribution in [2.75, 3.05) is 0 Å². The second-order valence-corrected chi connectivity index (χ2v) is 33.4. The van der Waals surface area contributed by atoms with Crippen LogP contribution < -0.4 is 0 Å². The van der Waals surface area contributed by atoms with E-state index in [4.69, 9.17) is 0 Å². The first kappa shape index (κ1) is 16.7. The topological polar surface area (TPSA) is 0 Å². The van der Waals surface area contributed by atoms with Gasteiger partial charge in [-0.25, -0.2) is 0 Å². The molecule has 0 aliphatic carbocycles. The molecule has 0 saturated carbocycles. The first-order chi connectivity index (χ1) is 7.21. The van der Waals surface area contributed by atoms with Crippen LogP contribution in [-0.2, 0) is 0 Å². The van der Waals surface area contributed by atoms with Gasteiger partial charge in [0.25, 0.3) is 0 Å². The predicted octanol–water partition coefficient (Wildman–Crippen LogP) is 4.31. The van der Waals surface area contributed by atoms with E-state index in [1.807, 2.05) is 0 Å². The van der Waals surface area contributed by atoms with Crippen molar-refractivity contribution < 1.29 is 0 Å². The van der Waals surface area contributed by atoms with Crippen molar-refractivity contribution in [3.8, 4) is 19.7 Å². The van der Waals surface area contributed by atoms with Crippen LogP contribution in [0.3, 0.4) is 0 Å². The van der Waals surface area contributed by atoms with Crippen molar-refractivity contribution in [1.29, 1.82) is 0 Å². The molecule has 0 aliphatic heterocycles. The average Bonchev–Trinajstić information content (AvgIpc) is 2.06. The Morgan fingerprint density at radius 3 is 1.19 bits per heavy atom. The van der Waals surface area contributed by atoms with Crippen LogP contribution in [-0.4, -0.2) is 36.8 Å². The molecule has 2 heteroatoms. The standard InChI is InChI=1S/C8H8.6CH3.2Sn/c1-3-5-7-8-6-4-2;;;;;;;;/h5-8H2;6*1H3;;. The van der Waals surface area contributed by atoms with Crippen molar-refractivity contribution in [2.24, 2.45) is 0 Å². The van der Waals surface area contributed by atoms with Gasteiger partial charge in [-0.3, -0.25) is 0 Å². The van der Waals surface area contributed by atoms with Crippen LogP contribution in [0.25, 0.3) is 0 Å². The van der Waals surface area contributed by atoms with Crippen LogP contribution in [0.2, 0.25) is 29.6 Å². The zero-order valence-electron chi connectivity index (χ0n) is 11.8. The SMILES string of the molecule is [CH3][Sn]([CH3])([CH3])[C]#CCCCCC#[C][Sn]([CH3])([CH3])[CH3]. The molecule has 0 aromatic heterocycles. The third-order valence-electron chi connectivity index (χ3n) is 1.78. The molecule has 0 amide bonds. The Hall–Kier alpha value is 0.717. The summed E-state index contributed by atoms with van der Waals surface area (Å²) in [4.78, 5) is 14.2. The molecule has 0 radical (unpaired) electrons. The monoisotopic (exact) mass is 434 g/mol. The maximum absolute atomic E-state index is 3.47. The zero-order chi connectivity index (χ0) is 12.7. The summed E-state index contributed by atoms with van der Waals surface area (Å²) in [6.07, 6.45) is 4.61. The van der Waals surface area contributed by atoms with E-state index in [1.54, 1.807) is 0 Å². The molecule has 0 heterocycles. The molecular formula is C14H26Sn2. The van der Waals surface area contributed by atoms with Gasteiger partial charge in [-0.05, 0) is 0 Å². The Morgan fingerprint density at radius 2 is 0.938 bits per heavy atom. The van der Waals surface area contributed by atoms with Crippen LogP contribution >= 0.6 is 0 Å². The Morgan fingerprint density at radius 1 is 0.625 bits per heavy atom. The average molecular weight is 432 g/mol. The molecule has 0 saturated heterocycles. The van der Waals surface area contributed by atoms with Crippen LogP contribution in [0.5, 0.6) is 0 Å². The number of rotatable bonds is 3. The van der Waals surface area contributed by atoms with Crippen molar-refractivity contribution >= 4 is 36.8 Å². The minimum absolute atomic E-state index is 1.08. The van der Waals surface area contributed by atoms with Gasteiger partial charge in [0.1, 0.15) is 0 Å². The second kappa shape index (κ2) is 7.93. The molecule has 0 unspecified atom stereocenters. The molecule has 0 aromatic carbocycles. The van der Waals surface area contributed by atoms with Gasteiger partial charge in [0, 0.05) is 0 Å². The van der Waals surface area contributed by atoms with Crippen LogP contribution in [0, 0.1) is 19.7 Å². The van der Waals surface area contributed by atoms with Crippen molar-refractivity contribution in [3.63, 3.8) is 0 Å². The summed E-state index contributed by atoms with van der Waals surface area (Å²) in [5.74, 6) is 6.68. The Labute approximate surface area is 111 Å². The second-order valence-electron chi connectivity index (χ2n) is 6.31. The Bertz CT molecular complexity index is 273. The third-order valence-corrected chi connectivity index (χ3v) is 7.07. The van der Waals surface area contributed by atoms with E-state index >= 15 is 0 Å². The van der Waals surface area contributed by atoms with Crippen molar-refractivity contribution in [3.05, 3.63) is 0 Å². The Kier molecular flexibility index (Phi) is 8.29. The van der Waals surface area contributed by atoms with Gasteiger partial charge in [0.15, 0.2) is 0 Å². The summed E-state index contributed by atoms with van der Waals surface area (Å²) in [5.41, 5.74) is 0. The van der Waals surface area contributed by atoms with Crippen molar-refractivity contribution in [2.45, 2.75) is 55.3 Å². The molecule has 0 rings (SSSR count). The summed E-state index contributed by atoms with van der Waals surface area (Å²) in [5, 5.41) is 0. The van der Waals surface area contributed by atoms with Crippen LogP contribution in [0.15, 0.2) is 0 Å². The van der Waals surface area contributed by atoms with Gasteiger partial charge in [-0.1, -0.05) is 0 Å². The fourth-order valence-electron chi connectivity index (χ4n) is 1.08. The normalized spacial score (nSPS) is 11.1. The van der Waals surface area contributed by atoms with Gasteiger partial charge in [-0.15, -0.1) is 0 Å². The molecule has 90 valence electrons. The summed E-state index contributed by atoms with van der Waals surface area (Å²) < 4.78 is 6.94. The van der Waals surface area contributed by atoms with E-state index in [2.05, 4.69) is 49.4 Å². The molecular weight excluding hydrogens is 406 g/mol. The molecule has 16 heavy (non-hydrogen) atoms. The molecule has 0 aromatic rings. The third kappa shape index (κ3) is 14.7. The summed E-state index contributed by atoms with van der Waals surface area (Å²) >= 11 is -3.60. The fourth-order valence-corrected chi connectivity index (χ4v) is 4.82. The molecule has 0 bridgehead atoms. The first-order valence-corrected chi connectivity index (χ1v) is 26.2. The fraction of sp³-hybridized carbons (Fsp3) is 0.714. The van der Waals surface area contributed by atoms with E-state index in [-0.39, 0.29) is 0 Å². The summed E-state index contributed by atoms with van der Waals surface area (Å²) in [7, 11) is 0. The van der Waals surface area contributed by atoms with Gasteiger partial charge in [-0.2, -0.15) is 0 Å². The minimum atomic E-state index is -1.80. The van der Waals surface area contributed by atoms with E-state index in [0.717, 1.165) is 12.8 Å². The van der Waals surface area contributed by atoms with E-state index in [0.29, 0.717) is 0 Å². The molecule has 0 atom stereocenters. The zero-order valence-corrected chi connectivity index (χ0v) is 17.5. The predicted molar refractivity (Wildman–Crippen MR) is 80.7 cm³/mol. The van der Waals surface area contributed by atoms with Crippen LogP contribution in [0.4, 0.5) is 0 Å². The molecule has 0 spiro atoms. The van der Waals surface area contributed by atoms with Crippen LogP contribution in [0.1, 0.15) is 25.7 Å². The quantitative estimate of drug-likeness (QED) is 0.355. The number of unbranched alkanes of at least 4 members (excludes halogenated alkanes) is 3. The number of hydrogen-bond acceptors (Lipinski definition) is 0. The first-order valence-electron chi connectivity index (χ1n) is 6.21. The van der Waals surface area contributed by atoms with E-state index in [1.165, 1.54) is 12.8 Å². The van der Waals surface area contributed by atoms with Crippen molar-refractivity contribution in [1.82, 2.24) is 0 Å². The molecule has 0 nitrogen and oxygen atoms in total. The molecule has 0 fully saturated rings. The number of hydrogen-bond donors (Lipinski definition) is 0.